The summed E-state index contributed by atoms with van der Waals surface area (Å²) in [5.74, 6) is 0.579. The van der Waals surface area contributed by atoms with Gasteiger partial charge in [0.15, 0.2) is 5.17 Å². The quantitative estimate of drug-likeness (QED) is 0.808. The fourth-order valence-electron chi connectivity index (χ4n) is 3.14. The van der Waals surface area contributed by atoms with Crippen molar-refractivity contribution in [3.05, 3.63) is 39.9 Å². The number of amidine groups is 1. The zero-order valence-corrected chi connectivity index (χ0v) is 12.9. The first kappa shape index (κ1) is 12.2. The lowest BCUT2D eigenvalue weighted by Gasteiger charge is -2.18. The largest absolute Gasteiger partial charge is 0.318 e. The van der Waals surface area contributed by atoms with Gasteiger partial charge in [-0.15, -0.1) is 11.3 Å². The van der Waals surface area contributed by atoms with Crippen molar-refractivity contribution in [2.45, 2.75) is 12.8 Å². The van der Waals surface area contributed by atoms with Gasteiger partial charge in [0.2, 0.25) is 0 Å². The second-order valence-electron chi connectivity index (χ2n) is 5.66. The zero-order chi connectivity index (χ0) is 14.0. The third-order valence-corrected chi connectivity index (χ3v) is 6.48. The van der Waals surface area contributed by atoms with Gasteiger partial charge in [0.1, 0.15) is 5.82 Å². The molecule has 2 aromatic rings. The van der Waals surface area contributed by atoms with Gasteiger partial charge >= 0.3 is 0 Å². The van der Waals surface area contributed by atoms with Crippen LogP contribution in [0.1, 0.15) is 18.4 Å². The highest BCUT2D eigenvalue weighted by Gasteiger charge is 2.40. The molecule has 1 saturated carbocycles. The zero-order valence-electron chi connectivity index (χ0n) is 11.3. The van der Waals surface area contributed by atoms with Crippen molar-refractivity contribution in [3.8, 4) is 0 Å². The van der Waals surface area contributed by atoms with Crippen molar-refractivity contribution >= 4 is 44.0 Å². The van der Waals surface area contributed by atoms with Gasteiger partial charge in [-0.2, -0.15) is 0 Å². The molecule has 1 aromatic heterocycles. The summed E-state index contributed by atoms with van der Waals surface area (Å²) < 4.78 is 14.7. The van der Waals surface area contributed by atoms with E-state index in [2.05, 4.69) is 9.89 Å². The molecular formula is C16H13FN2S2. The molecule has 1 aromatic carbocycles. The molecule has 0 unspecified atom stereocenters. The van der Waals surface area contributed by atoms with E-state index in [1.54, 1.807) is 6.07 Å². The lowest BCUT2D eigenvalue weighted by Crippen LogP contribution is -2.20. The topological polar surface area (TPSA) is 15.6 Å². The average molecular weight is 316 g/mol. The maximum Gasteiger partial charge on any atom is 0.168 e. The van der Waals surface area contributed by atoms with Crippen LogP contribution in [0.25, 0.3) is 15.8 Å². The molecule has 21 heavy (non-hydrogen) atoms. The first-order valence-electron chi connectivity index (χ1n) is 7.23. The van der Waals surface area contributed by atoms with E-state index in [0.717, 1.165) is 28.3 Å². The van der Waals surface area contributed by atoms with E-state index in [-0.39, 0.29) is 5.82 Å². The molecule has 0 atom stereocenters. The van der Waals surface area contributed by atoms with E-state index in [1.165, 1.54) is 40.3 Å². The number of thioether (sulfide) groups is 1. The first-order valence-corrected chi connectivity index (χ1v) is 8.92. The highest BCUT2D eigenvalue weighted by Crippen LogP contribution is 2.53. The molecule has 1 fully saturated rings. The molecule has 106 valence electrons. The van der Waals surface area contributed by atoms with Crippen LogP contribution in [0.3, 0.4) is 0 Å². The van der Waals surface area contributed by atoms with Crippen LogP contribution in [-0.4, -0.2) is 23.2 Å². The highest BCUT2D eigenvalue weighted by atomic mass is 32.2. The summed E-state index contributed by atoms with van der Waals surface area (Å²) in [6, 6.07) is 5.61. The number of fused-ring (bicyclic) bond motifs is 2. The first-order chi connectivity index (χ1) is 10.3. The van der Waals surface area contributed by atoms with Gasteiger partial charge in [-0.3, -0.25) is 4.99 Å². The number of hydrogen-bond acceptors (Lipinski definition) is 4. The molecule has 0 N–H and O–H groups in total. The number of benzene rings is 1. The number of rotatable bonds is 2. The number of thiophene rings is 1. The second-order valence-corrected chi connectivity index (χ2v) is 7.59. The van der Waals surface area contributed by atoms with Crippen LogP contribution in [0.4, 0.5) is 4.39 Å². The summed E-state index contributed by atoms with van der Waals surface area (Å²) in [5.41, 5.74) is 2.47. The summed E-state index contributed by atoms with van der Waals surface area (Å²) in [6.07, 6.45) is 2.56. The molecule has 5 heteroatoms. The third kappa shape index (κ3) is 1.74. The van der Waals surface area contributed by atoms with E-state index in [1.807, 2.05) is 29.3 Å². The molecule has 0 bridgehead atoms. The lowest BCUT2D eigenvalue weighted by molar-refractivity contribution is 0.638. The predicted molar refractivity (Wildman–Crippen MR) is 88.0 cm³/mol. The Hall–Kier alpha value is -1.33. The van der Waals surface area contributed by atoms with Crippen LogP contribution >= 0.6 is 23.1 Å². The minimum absolute atomic E-state index is 0.113. The van der Waals surface area contributed by atoms with E-state index in [4.69, 9.17) is 0 Å². The minimum Gasteiger partial charge on any atom is -0.318 e. The maximum absolute atomic E-state index is 14.0. The summed E-state index contributed by atoms with van der Waals surface area (Å²) in [7, 11) is 0. The fourth-order valence-corrected chi connectivity index (χ4v) is 5.33. The molecule has 0 spiro atoms. The van der Waals surface area contributed by atoms with Gasteiger partial charge in [0, 0.05) is 22.4 Å². The van der Waals surface area contributed by atoms with Crippen molar-refractivity contribution in [2.24, 2.45) is 10.9 Å². The highest BCUT2D eigenvalue weighted by molar-refractivity contribution is 8.17. The molecule has 5 rings (SSSR count). The molecule has 3 heterocycles. The van der Waals surface area contributed by atoms with Crippen molar-refractivity contribution in [1.82, 2.24) is 4.90 Å². The average Bonchev–Trinajstić information content (AvgIpc) is 2.90. The molecular weight excluding hydrogens is 303 g/mol. The van der Waals surface area contributed by atoms with Crippen molar-refractivity contribution in [1.29, 1.82) is 0 Å². The second kappa shape index (κ2) is 4.34. The Kier molecular flexibility index (Phi) is 2.53. The Balaban J connectivity index is 1.76. The van der Waals surface area contributed by atoms with Crippen LogP contribution in [0.5, 0.6) is 0 Å². The van der Waals surface area contributed by atoms with Crippen LogP contribution < -0.4 is 0 Å². The predicted octanol–water partition coefficient (Wildman–Crippen LogP) is 4.54. The lowest BCUT2D eigenvalue weighted by atomic mass is 10.0. The summed E-state index contributed by atoms with van der Waals surface area (Å²) in [4.78, 5) is 8.40. The van der Waals surface area contributed by atoms with Gasteiger partial charge in [-0.25, -0.2) is 4.39 Å². The van der Waals surface area contributed by atoms with Gasteiger partial charge in [-0.05, 0) is 42.3 Å². The smallest absolute Gasteiger partial charge is 0.168 e. The molecule has 3 aliphatic rings. The molecule has 0 amide bonds. The third-order valence-electron chi connectivity index (χ3n) is 4.28. The van der Waals surface area contributed by atoms with Crippen LogP contribution in [0.2, 0.25) is 0 Å². The van der Waals surface area contributed by atoms with Crippen LogP contribution in [0.15, 0.2) is 33.5 Å². The molecule has 0 radical (unpaired) electrons. The van der Waals surface area contributed by atoms with Gasteiger partial charge in [0.05, 0.1) is 16.9 Å². The molecule has 0 saturated heterocycles. The normalized spacial score (nSPS) is 21.4. The fraction of sp³-hybridized carbons (Fsp3) is 0.312. The number of allylic oxidation sites excluding steroid dienone is 1. The maximum atomic E-state index is 14.0. The summed E-state index contributed by atoms with van der Waals surface area (Å²) >= 11 is 3.32. The number of hydrogen-bond donors (Lipinski definition) is 0. The van der Waals surface area contributed by atoms with Gasteiger partial charge < -0.3 is 4.90 Å². The number of halogens is 1. The number of aliphatic imine (C=N–C) groups is 1. The standard InChI is InChI=1S/C16H13FN2S2/c17-12-4-3-10(11-5-8-20-15(11)12)13-14(9-1-2-9)21-16-18-6-7-19(13)16/h3-5,8-9H,1-2,6-7H2. The number of nitrogens with zero attached hydrogens (tertiary/aromatic N) is 2. The molecule has 2 aliphatic heterocycles. The molecule has 2 nitrogen and oxygen atoms in total. The van der Waals surface area contributed by atoms with Crippen LogP contribution in [0, 0.1) is 11.7 Å². The van der Waals surface area contributed by atoms with Crippen molar-refractivity contribution in [2.75, 3.05) is 13.1 Å². The SMILES string of the molecule is Fc1ccc(C2=C(C3CC3)SC3=NCCN32)c2ccsc12. The van der Waals surface area contributed by atoms with Crippen LogP contribution in [-0.2, 0) is 0 Å². The summed E-state index contributed by atoms with van der Waals surface area (Å²) in [6.45, 7) is 1.83. The van der Waals surface area contributed by atoms with Gasteiger partial charge in [0.25, 0.3) is 0 Å². The Bertz CT molecular complexity index is 817. The summed E-state index contributed by atoms with van der Waals surface area (Å²) in [5, 5.41) is 4.16. The monoisotopic (exact) mass is 316 g/mol. The van der Waals surface area contributed by atoms with E-state index in [9.17, 15) is 4.39 Å². The Morgan fingerprint density at radius 3 is 3.00 bits per heavy atom. The minimum atomic E-state index is -0.113. The van der Waals surface area contributed by atoms with E-state index >= 15 is 0 Å². The molecule has 1 aliphatic carbocycles. The van der Waals surface area contributed by atoms with Crippen molar-refractivity contribution < 1.29 is 4.39 Å². The Morgan fingerprint density at radius 2 is 2.14 bits per heavy atom. The van der Waals surface area contributed by atoms with Gasteiger partial charge in [-0.1, -0.05) is 11.8 Å². The Labute approximate surface area is 130 Å². The Morgan fingerprint density at radius 1 is 1.24 bits per heavy atom. The van der Waals surface area contributed by atoms with E-state index in [0.29, 0.717) is 5.92 Å². The van der Waals surface area contributed by atoms with Crippen molar-refractivity contribution in [3.63, 3.8) is 0 Å². The van der Waals surface area contributed by atoms with E-state index < -0.39 is 0 Å².